The molecule has 114 valence electrons. The number of carbonyl (C=O) groups is 1. The van der Waals surface area contributed by atoms with E-state index in [1.807, 2.05) is 0 Å². The molecule has 0 aliphatic carbocycles. The summed E-state index contributed by atoms with van der Waals surface area (Å²) in [5, 5.41) is 9.14. The minimum atomic E-state index is -1.55. The molecule has 21 heavy (non-hydrogen) atoms. The Morgan fingerprint density at radius 1 is 1.62 bits per heavy atom. The van der Waals surface area contributed by atoms with E-state index in [0.29, 0.717) is 18.8 Å². The number of carbonyl (C=O) groups excluding carboxylic acids is 1. The lowest BCUT2D eigenvalue weighted by Crippen LogP contribution is -2.31. The molecule has 1 fully saturated rings. The van der Waals surface area contributed by atoms with Crippen LogP contribution >= 0.6 is 0 Å². The van der Waals surface area contributed by atoms with Crippen LogP contribution < -0.4 is 11.2 Å². The number of nitrogens with zero attached hydrogens (tertiary/aromatic N) is 2. The molecule has 1 aromatic heterocycles. The van der Waals surface area contributed by atoms with Crippen LogP contribution in [-0.4, -0.2) is 40.0 Å². The van der Waals surface area contributed by atoms with E-state index >= 15 is 0 Å². The predicted molar refractivity (Wildman–Crippen MR) is 67.0 cm³/mol. The van der Waals surface area contributed by atoms with Gasteiger partial charge >= 0.3 is 11.7 Å². The quantitative estimate of drug-likeness (QED) is 0.728. The maximum Gasteiger partial charge on any atom is 0.351 e. The van der Waals surface area contributed by atoms with E-state index < -0.39 is 36.6 Å². The standard InChI is InChI=1S/C12H14FN3O5/c13-10(18)7-3-9(21-8(7)5-17)16-4-6-1-2-20-15-11(6)14-12(16)19/h4,7-9,17H,1-3,5H2,(H,14,15,19)/t7-,8+,9+/m0/s1. The van der Waals surface area contributed by atoms with Gasteiger partial charge in [0.05, 0.1) is 25.2 Å². The van der Waals surface area contributed by atoms with Gasteiger partial charge in [0.2, 0.25) is 0 Å². The van der Waals surface area contributed by atoms with Crippen LogP contribution in [0.4, 0.5) is 10.2 Å². The zero-order valence-electron chi connectivity index (χ0n) is 11.0. The fourth-order valence-electron chi connectivity index (χ4n) is 2.58. The summed E-state index contributed by atoms with van der Waals surface area (Å²) < 4.78 is 19.6. The van der Waals surface area contributed by atoms with E-state index in [1.165, 1.54) is 4.57 Å². The highest BCUT2D eigenvalue weighted by atomic mass is 19.1. The Hall–Kier alpha value is -1.84. The van der Waals surface area contributed by atoms with Gasteiger partial charge in [-0.15, -0.1) is 0 Å². The Kier molecular flexibility index (Phi) is 3.70. The molecule has 8 nitrogen and oxygen atoms in total. The zero-order valence-corrected chi connectivity index (χ0v) is 11.0. The van der Waals surface area contributed by atoms with Crippen LogP contribution in [0.2, 0.25) is 0 Å². The number of anilines is 1. The molecule has 2 aliphatic rings. The van der Waals surface area contributed by atoms with E-state index in [-0.39, 0.29) is 6.42 Å². The molecule has 0 unspecified atom stereocenters. The number of aliphatic hydroxyl groups is 1. The number of fused-ring (bicyclic) bond motifs is 1. The van der Waals surface area contributed by atoms with Gasteiger partial charge in [-0.2, -0.15) is 9.37 Å². The number of hydrogen-bond donors (Lipinski definition) is 2. The molecular formula is C12H14FN3O5. The summed E-state index contributed by atoms with van der Waals surface area (Å²) in [5.41, 5.74) is 2.72. The molecule has 2 N–H and O–H groups in total. The van der Waals surface area contributed by atoms with Crippen LogP contribution in [0.5, 0.6) is 0 Å². The number of halogens is 1. The molecule has 0 saturated carbocycles. The summed E-state index contributed by atoms with van der Waals surface area (Å²) in [6.45, 7) is -0.0530. The third-order valence-corrected chi connectivity index (χ3v) is 3.69. The summed E-state index contributed by atoms with van der Waals surface area (Å²) in [6.07, 6.45) is 0.351. The smallest absolute Gasteiger partial charge is 0.351 e. The van der Waals surface area contributed by atoms with Crippen molar-refractivity contribution in [3.05, 3.63) is 22.2 Å². The lowest BCUT2D eigenvalue weighted by molar-refractivity contribution is -0.136. The van der Waals surface area contributed by atoms with Crippen molar-refractivity contribution in [3.8, 4) is 0 Å². The van der Waals surface area contributed by atoms with Gasteiger partial charge in [0.1, 0.15) is 6.23 Å². The van der Waals surface area contributed by atoms with Crippen LogP contribution in [-0.2, 0) is 20.8 Å². The largest absolute Gasteiger partial charge is 0.394 e. The predicted octanol–water partition coefficient (Wildman–Crippen LogP) is -0.465. The summed E-state index contributed by atoms with van der Waals surface area (Å²) in [4.78, 5) is 31.7. The summed E-state index contributed by atoms with van der Waals surface area (Å²) >= 11 is 0. The highest BCUT2D eigenvalue weighted by molar-refractivity contribution is 5.72. The molecule has 2 aliphatic heterocycles. The van der Waals surface area contributed by atoms with Crippen LogP contribution in [0.3, 0.4) is 0 Å². The van der Waals surface area contributed by atoms with Crippen molar-refractivity contribution in [3.63, 3.8) is 0 Å². The molecule has 1 aromatic rings. The number of ether oxygens (including phenoxy) is 1. The van der Waals surface area contributed by atoms with E-state index in [1.54, 1.807) is 6.20 Å². The molecule has 3 heterocycles. The van der Waals surface area contributed by atoms with Crippen molar-refractivity contribution in [2.24, 2.45) is 5.92 Å². The van der Waals surface area contributed by atoms with E-state index in [4.69, 9.17) is 14.7 Å². The maximum atomic E-state index is 12.9. The first-order chi connectivity index (χ1) is 10.1. The highest BCUT2D eigenvalue weighted by Crippen LogP contribution is 2.34. The van der Waals surface area contributed by atoms with Crippen LogP contribution in [0.1, 0.15) is 18.2 Å². The SMILES string of the molecule is O=C(F)[C@H]1C[C@H](n2cc3c(nc2=O)NOCC3)O[C@@H]1CO. The molecule has 9 heteroatoms. The maximum absolute atomic E-state index is 12.9. The second-order valence-corrected chi connectivity index (χ2v) is 4.96. The highest BCUT2D eigenvalue weighted by Gasteiger charge is 2.41. The van der Waals surface area contributed by atoms with Gasteiger partial charge in [-0.3, -0.25) is 14.2 Å². The molecule has 0 aromatic carbocycles. The first kappa shape index (κ1) is 14.1. The van der Waals surface area contributed by atoms with Gasteiger partial charge in [-0.1, -0.05) is 0 Å². The van der Waals surface area contributed by atoms with Gasteiger partial charge in [0, 0.05) is 24.6 Å². The average molecular weight is 299 g/mol. The van der Waals surface area contributed by atoms with Crippen LogP contribution in [0.15, 0.2) is 11.0 Å². The number of rotatable bonds is 3. The van der Waals surface area contributed by atoms with E-state index in [0.717, 1.165) is 5.56 Å². The average Bonchev–Trinajstić information content (AvgIpc) is 2.90. The number of aromatic nitrogens is 2. The summed E-state index contributed by atoms with van der Waals surface area (Å²) in [7, 11) is 0. The molecule has 3 atom stereocenters. The molecule has 0 radical (unpaired) electrons. The van der Waals surface area contributed by atoms with Gasteiger partial charge < -0.3 is 9.84 Å². The fraction of sp³-hybridized carbons (Fsp3) is 0.583. The fourth-order valence-corrected chi connectivity index (χ4v) is 2.58. The van der Waals surface area contributed by atoms with Gasteiger partial charge in [-0.05, 0) is 0 Å². The molecule has 0 spiro atoms. The van der Waals surface area contributed by atoms with Gasteiger partial charge in [0.15, 0.2) is 5.82 Å². The Morgan fingerprint density at radius 2 is 2.43 bits per heavy atom. The lowest BCUT2D eigenvalue weighted by atomic mass is 10.0. The third-order valence-electron chi connectivity index (χ3n) is 3.69. The molecular weight excluding hydrogens is 285 g/mol. The summed E-state index contributed by atoms with van der Waals surface area (Å²) in [5.74, 6) is -0.721. The number of nitrogens with one attached hydrogen (secondary N) is 1. The van der Waals surface area contributed by atoms with Crippen molar-refractivity contribution in [1.29, 1.82) is 0 Å². The summed E-state index contributed by atoms with van der Waals surface area (Å²) in [6, 6.07) is -1.55. The van der Waals surface area contributed by atoms with Crippen molar-refractivity contribution >= 4 is 11.9 Å². The molecule has 0 bridgehead atoms. The van der Waals surface area contributed by atoms with Gasteiger partial charge in [-0.25, -0.2) is 10.3 Å². The van der Waals surface area contributed by atoms with Crippen molar-refractivity contribution < 1.29 is 23.9 Å². The molecule has 0 amide bonds. The minimum Gasteiger partial charge on any atom is -0.394 e. The Bertz CT molecular complexity index is 619. The van der Waals surface area contributed by atoms with E-state index in [2.05, 4.69) is 10.5 Å². The first-order valence-electron chi connectivity index (χ1n) is 6.55. The molecule has 3 rings (SSSR count). The Morgan fingerprint density at radius 3 is 3.10 bits per heavy atom. The normalized spacial score (nSPS) is 28.0. The molecule has 1 saturated heterocycles. The van der Waals surface area contributed by atoms with Crippen molar-refractivity contribution in [2.45, 2.75) is 25.2 Å². The van der Waals surface area contributed by atoms with Crippen molar-refractivity contribution in [2.75, 3.05) is 18.7 Å². The third kappa shape index (κ3) is 2.55. The van der Waals surface area contributed by atoms with Crippen LogP contribution in [0.25, 0.3) is 0 Å². The van der Waals surface area contributed by atoms with Crippen molar-refractivity contribution in [1.82, 2.24) is 9.55 Å². The number of aliphatic hydroxyl groups excluding tert-OH is 1. The first-order valence-corrected chi connectivity index (χ1v) is 6.55. The Labute approximate surface area is 118 Å². The topological polar surface area (TPSA) is 103 Å². The zero-order chi connectivity index (χ0) is 15.0. The second kappa shape index (κ2) is 5.51. The van der Waals surface area contributed by atoms with Gasteiger partial charge in [0.25, 0.3) is 0 Å². The van der Waals surface area contributed by atoms with E-state index in [9.17, 15) is 14.0 Å². The minimum absolute atomic E-state index is 0.00907. The monoisotopic (exact) mass is 299 g/mol. The number of hydrogen-bond acceptors (Lipinski definition) is 7. The van der Waals surface area contributed by atoms with Crippen LogP contribution in [0, 0.1) is 5.92 Å². The second-order valence-electron chi connectivity index (χ2n) is 4.96. The Balaban J connectivity index is 1.91. The lowest BCUT2D eigenvalue weighted by Gasteiger charge is -2.20.